The summed E-state index contributed by atoms with van der Waals surface area (Å²) in [7, 11) is 1.39. The highest BCUT2D eigenvalue weighted by atomic mass is 16.5. The summed E-state index contributed by atoms with van der Waals surface area (Å²) in [5.74, 6) is -0.670. The lowest BCUT2D eigenvalue weighted by Gasteiger charge is -2.21. The molecule has 1 aliphatic rings. The van der Waals surface area contributed by atoms with Gasteiger partial charge < -0.3 is 10.1 Å². The molecule has 1 aromatic carbocycles. The Balaban J connectivity index is 1.85. The molecule has 0 aromatic heterocycles. The van der Waals surface area contributed by atoms with Crippen LogP contribution in [0.5, 0.6) is 0 Å². The van der Waals surface area contributed by atoms with Crippen molar-refractivity contribution in [1.29, 1.82) is 0 Å². The molecular formula is C17H22N2O4. The number of amides is 3. The predicted octanol–water partition coefficient (Wildman–Crippen LogP) is 2.35. The van der Waals surface area contributed by atoms with Crippen LogP contribution in [0.15, 0.2) is 24.3 Å². The first-order valence-corrected chi connectivity index (χ1v) is 7.89. The summed E-state index contributed by atoms with van der Waals surface area (Å²) in [5.41, 5.74) is 1.65. The van der Waals surface area contributed by atoms with Gasteiger partial charge in [0.25, 0.3) is 5.91 Å². The average molecular weight is 318 g/mol. The van der Waals surface area contributed by atoms with Crippen LogP contribution in [0, 0.1) is 0 Å². The zero-order chi connectivity index (χ0) is 16.7. The Bertz CT molecular complexity index is 562. The van der Waals surface area contributed by atoms with Gasteiger partial charge in [-0.2, -0.15) is 0 Å². The van der Waals surface area contributed by atoms with Crippen molar-refractivity contribution in [2.75, 3.05) is 13.7 Å². The SMILES string of the molecule is CNC(=O)NC(=O)COC(=O)c1ccc(C2CCCCC2)cc1. The third-order valence-corrected chi connectivity index (χ3v) is 4.04. The lowest BCUT2D eigenvalue weighted by atomic mass is 9.84. The average Bonchev–Trinajstić information content (AvgIpc) is 2.60. The van der Waals surface area contributed by atoms with Crippen LogP contribution < -0.4 is 10.6 Å². The minimum Gasteiger partial charge on any atom is -0.452 e. The molecule has 0 spiro atoms. The molecule has 0 atom stereocenters. The van der Waals surface area contributed by atoms with Crippen LogP contribution >= 0.6 is 0 Å². The van der Waals surface area contributed by atoms with E-state index in [1.54, 1.807) is 12.1 Å². The van der Waals surface area contributed by atoms with Gasteiger partial charge in [-0.3, -0.25) is 10.1 Å². The van der Waals surface area contributed by atoms with Crippen molar-refractivity contribution in [3.05, 3.63) is 35.4 Å². The van der Waals surface area contributed by atoms with Crippen LogP contribution in [0.1, 0.15) is 53.9 Å². The van der Waals surface area contributed by atoms with E-state index in [0.717, 1.165) is 0 Å². The van der Waals surface area contributed by atoms with Gasteiger partial charge in [0.05, 0.1) is 5.56 Å². The van der Waals surface area contributed by atoms with Crippen molar-refractivity contribution < 1.29 is 19.1 Å². The van der Waals surface area contributed by atoms with Gasteiger partial charge in [-0.1, -0.05) is 31.4 Å². The molecule has 1 fully saturated rings. The first-order chi connectivity index (χ1) is 11.1. The second kappa shape index (κ2) is 8.31. The van der Waals surface area contributed by atoms with Gasteiger partial charge in [0.1, 0.15) is 0 Å². The Morgan fingerprint density at radius 1 is 1.09 bits per heavy atom. The topological polar surface area (TPSA) is 84.5 Å². The summed E-state index contributed by atoms with van der Waals surface area (Å²) >= 11 is 0. The van der Waals surface area contributed by atoms with Crippen molar-refractivity contribution in [1.82, 2.24) is 10.6 Å². The van der Waals surface area contributed by atoms with E-state index in [1.807, 2.05) is 17.4 Å². The molecule has 0 unspecified atom stereocenters. The Morgan fingerprint density at radius 2 is 1.74 bits per heavy atom. The van der Waals surface area contributed by atoms with Gasteiger partial charge in [-0.05, 0) is 36.5 Å². The summed E-state index contributed by atoms with van der Waals surface area (Å²) in [5, 5.41) is 4.26. The summed E-state index contributed by atoms with van der Waals surface area (Å²) in [6, 6.07) is 6.73. The van der Waals surface area contributed by atoms with Crippen molar-refractivity contribution in [2.24, 2.45) is 0 Å². The Hall–Kier alpha value is -2.37. The highest BCUT2D eigenvalue weighted by Crippen LogP contribution is 2.32. The number of rotatable bonds is 4. The smallest absolute Gasteiger partial charge is 0.338 e. The molecule has 23 heavy (non-hydrogen) atoms. The summed E-state index contributed by atoms with van der Waals surface area (Å²) in [4.78, 5) is 34.2. The molecule has 0 aliphatic heterocycles. The number of carbonyl (C=O) groups is 3. The number of imide groups is 1. The van der Waals surface area contributed by atoms with Gasteiger partial charge in [0.2, 0.25) is 0 Å². The van der Waals surface area contributed by atoms with E-state index in [1.165, 1.54) is 44.7 Å². The first kappa shape index (κ1) is 17.0. The van der Waals surface area contributed by atoms with E-state index in [4.69, 9.17) is 4.74 Å². The third-order valence-electron chi connectivity index (χ3n) is 4.04. The maximum Gasteiger partial charge on any atom is 0.338 e. The lowest BCUT2D eigenvalue weighted by molar-refractivity contribution is -0.123. The number of hydrogen-bond acceptors (Lipinski definition) is 4. The van der Waals surface area contributed by atoms with E-state index >= 15 is 0 Å². The van der Waals surface area contributed by atoms with Gasteiger partial charge in [0.15, 0.2) is 6.61 Å². The molecule has 2 N–H and O–H groups in total. The molecule has 1 saturated carbocycles. The molecule has 2 rings (SSSR count). The standard InChI is InChI=1S/C17H22N2O4/c1-18-17(22)19-15(20)11-23-16(21)14-9-7-13(8-10-14)12-5-3-2-4-6-12/h7-10,12H,2-6,11H2,1H3,(H2,18,19,20,22). The molecule has 3 amide bonds. The maximum atomic E-state index is 11.9. The molecule has 0 heterocycles. The van der Waals surface area contributed by atoms with Crippen LogP contribution in [0.4, 0.5) is 4.79 Å². The largest absolute Gasteiger partial charge is 0.452 e. The van der Waals surface area contributed by atoms with Crippen molar-refractivity contribution >= 4 is 17.9 Å². The molecule has 6 heteroatoms. The summed E-state index contributed by atoms with van der Waals surface area (Å²) < 4.78 is 4.89. The van der Waals surface area contributed by atoms with Crippen LogP contribution in [0.25, 0.3) is 0 Å². The predicted molar refractivity (Wildman–Crippen MR) is 85.1 cm³/mol. The fourth-order valence-electron chi connectivity index (χ4n) is 2.77. The fourth-order valence-corrected chi connectivity index (χ4v) is 2.77. The van der Waals surface area contributed by atoms with Gasteiger partial charge >= 0.3 is 12.0 Å². The van der Waals surface area contributed by atoms with Crippen molar-refractivity contribution in [3.63, 3.8) is 0 Å². The number of carbonyl (C=O) groups excluding carboxylic acids is 3. The van der Waals surface area contributed by atoms with Crippen LogP contribution in [0.3, 0.4) is 0 Å². The van der Waals surface area contributed by atoms with Crippen LogP contribution in [0.2, 0.25) is 0 Å². The third kappa shape index (κ3) is 5.09. The maximum absolute atomic E-state index is 11.9. The van der Waals surface area contributed by atoms with Crippen molar-refractivity contribution in [3.8, 4) is 0 Å². The Labute approximate surface area is 135 Å². The van der Waals surface area contributed by atoms with Gasteiger partial charge in [-0.15, -0.1) is 0 Å². The number of nitrogens with one attached hydrogen (secondary N) is 2. The lowest BCUT2D eigenvalue weighted by Crippen LogP contribution is -2.39. The molecule has 6 nitrogen and oxygen atoms in total. The summed E-state index contributed by atoms with van der Waals surface area (Å²) in [6.07, 6.45) is 6.22. The highest BCUT2D eigenvalue weighted by molar-refractivity contribution is 5.96. The minimum absolute atomic E-state index is 0.400. The van der Waals surface area contributed by atoms with Gasteiger partial charge in [0, 0.05) is 7.05 Å². The second-order valence-electron chi connectivity index (χ2n) is 5.66. The minimum atomic E-state index is -0.670. The number of hydrogen-bond donors (Lipinski definition) is 2. The number of benzene rings is 1. The monoisotopic (exact) mass is 318 g/mol. The van der Waals surface area contributed by atoms with E-state index in [2.05, 4.69) is 5.32 Å². The molecule has 1 aromatic rings. The van der Waals surface area contributed by atoms with E-state index in [9.17, 15) is 14.4 Å². The number of esters is 1. The molecule has 124 valence electrons. The number of urea groups is 1. The summed E-state index contributed by atoms with van der Waals surface area (Å²) in [6.45, 7) is -0.489. The van der Waals surface area contributed by atoms with E-state index in [-0.39, 0.29) is 0 Å². The highest BCUT2D eigenvalue weighted by Gasteiger charge is 2.16. The molecule has 0 radical (unpaired) electrons. The van der Waals surface area contributed by atoms with Crippen LogP contribution in [-0.4, -0.2) is 31.6 Å². The van der Waals surface area contributed by atoms with E-state index in [0.29, 0.717) is 11.5 Å². The zero-order valence-corrected chi connectivity index (χ0v) is 13.3. The van der Waals surface area contributed by atoms with Gasteiger partial charge in [-0.25, -0.2) is 9.59 Å². The quantitative estimate of drug-likeness (QED) is 0.835. The van der Waals surface area contributed by atoms with E-state index < -0.39 is 24.5 Å². The second-order valence-corrected chi connectivity index (χ2v) is 5.66. The Kier molecular flexibility index (Phi) is 6.14. The normalized spacial score (nSPS) is 14.8. The molecule has 0 bridgehead atoms. The molecule has 0 saturated heterocycles. The van der Waals surface area contributed by atoms with Crippen LogP contribution in [-0.2, 0) is 9.53 Å². The molecule has 1 aliphatic carbocycles. The Morgan fingerprint density at radius 3 is 2.35 bits per heavy atom. The van der Waals surface area contributed by atoms with Crippen molar-refractivity contribution in [2.45, 2.75) is 38.0 Å². The zero-order valence-electron chi connectivity index (χ0n) is 13.3. The fraction of sp³-hybridized carbons (Fsp3) is 0.471. The number of ether oxygens (including phenoxy) is 1. The first-order valence-electron chi connectivity index (χ1n) is 7.89. The molecular weight excluding hydrogens is 296 g/mol.